The highest BCUT2D eigenvalue weighted by Crippen LogP contribution is 2.17. The highest BCUT2D eigenvalue weighted by molar-refractivity contribution is 5.89. The van der Waals surface area contributed by atoms with Crippen molar-refractivity contribution in [2.45, 2.75) is 6.92 Å². The molecule has 2 aromatic heterocycles. The Bertz CT molecular complexity index is 899. The molecule has 1 aliphatic heterocycles. The zero-order valence-corrected chi connectivity index (χ0v) is 14.0. The number of nitrogens with zero attached hydrogens (tertiary/aromatic N) is 6. The lowest BCUT2D eigenvalue weighted by molar-refractivity contribution is 0.208. The molecule has 1 aromatic carbocycles. The number of aryl methyl sites for hydroxylation is 1. The van der Waals surface area contributed by atoms with Gasteiger partial charge in [-0.1, -0.05) is 12.1 Å². The fourth-order valence-corrected chi connectivity index (χ4v) is 2.98. The van der Waals surface area contributed by atoms with Gasteiger partial charge in [0.1, 0.15) is 6.33 Å². The van der Waals surface area contributed by atoms with Crippen molar-refractivity contribution in [3.05, 3.63) is 48.4 Å². The topological polar surface area (TPSA) is 78.7 Å². The van der Waals surface area contributed by atoms with Crippen molar-refractivity contribution in [1.29, 1.82) is 0 Å². The summed E-state index contributed by atoms with van der Waals surface area (Å²) < 4.78 is 1.63. The quantitative estimate of drug-likeness (QED) is 0.771. The number of aromatic nitrogens is 4. The van der Waals surface area contributed by atoms with Gasteiger partial charge in [-0.3, -0.25) is 0 Å². The summed E-state index contributed by atoms with van der Waals surface area (Å²) in [6, 6.07) is 9.72. The Morgan fingerprint density at radius 1 is 1.16 bits per heavy atom. The highest BCUT2D eigenvalue weighted by atomic mass is 16.2. The third-order valence-electron chi connectivity index (χ3n) is 4.35. The first kappa shape index (κ1) is 15.4. The van der Waals surface area contributed by atoms with Gasteiger partial charge in [-0.05, 0) is 24.6 Å². The molecule has 0 saturated carbocycles. The van der Waals surface area contributed by atoms with Crippen LogP contribution in [0.3, 0.4) is 0 Å². The second-order valence-corrected chi connectivity index (χ2v) is 6.12. The first-order valence-corrected chi connectivity index (χ1v) is 8.23. The standard InChI is InChI=1S/C17H19N7O/c1-13-3-2-4-14(9-13)20-17(25)23-7-5-22(6-8-23)15-10-16-21-18-12-24(16)19-11-15/h2-4,9-12H,5-8H2,1H3,(H,20,25). The number of nitrogens with one attached hydrogen (secondary N) is 1. The predicted molar refractivity (Wildman–Crippen MR) is 94.8 cm³/mol. The number of urea groups is 1. The molecule has 4 rings (SSSR count). The van der Waals surface area contributed by atoms with Crippen molar-refractivity contribution in [3.63, 3.8) is 0 Å². The number of fused-ring (bicyclic) bond motifs is 1. The van der Waals surface area contributed by atoms with Gasteiger partial charge in [0, 0.05) is 37.9 Å². The zero-order valence-electron chi connectivity index (χ0n) is 14.0. The Morgan fingerprint density at radius 2 is 2.00 bits per heavy atom. The van der Waals surface area contributed by atoms with Gasteiger partial charge in [0.15, 0.2) is 5.65 Å². The molecular formula is C17H19N7O. The number of rotatable bonds is 2. The molecule has 25 heavy (non-hydrogen) atoms. The summed E-state index contributed by atoms with van der Waals surface area (Å²) in [5, 5.41) is 15.1. The van der Waals surface area contributed by atoms with Crippen LogP contribution in [0.15, 0.2) is 42.9 Å². The monoisotopic (exact) mass is 337 g/mol. The maximum atomic E-state index is 12.4. The van der Waals surface area contributed by atoms with Gasteiger partial charge in [0.05, 0.1) is 11.9 Å². The molecule has 1 aliphatic rings. The second-order valence-electron chi connectivity index (χ2n) is 6.12. The molecule has 1 fully saturated rings. The molecule has 2 amide bonds. The van der Waals surface area contributed by atoms with Crippen LogP contribution in [-0.4, -0.2) is 56.9 Å². The summed E-state index contributed by atoms with van der Waals surface area (Å²) in [5.41, 5.74) is 3.67. The SMILES string of the molecule is Cc1cccc(NC(=O)N2CCN(c3cnn4cnnc4c3)CC2)c1. The second kappa shape index (κ2) is 6.39. The van der Waals surface area contributed by atoms with Crippen LogP contribution in [0.1, 0.15) is 5.56 Å². The van der Waals surface area contributed by atoms with Gasteiger partial charge in [0.2, 0.25) is 0 Å². The van der Waals surface area contributed by atoms with E-state index in [0.29, 0.717) is 13.1 Å². The minimum Gasteiger partial charge on any atom is -0.367 e. The van der Waals surface area contributed by atoms with Gasteiger partial charge in [-0.25, -0.2) is 9.31 Å². The lowest BCUT2D eigenvalue weighted by Gasteiger charge is -2.35. The fourth-order valence-electron chi connectivity index (χ4n) is 2.98. The summed E-state index contributed by atoms with van der Waals surface area (Å²) in [7, 11) is 0. The zero-order chi connectivity index (χ0) is 17.2. The first-order chi connectivity index (χ1) is 12.2. The molecule has 128 valence electrons. The van der Waals surface area contributed by atoms with Crippen LogP contribution < -0.4 is 10.2 Å². The van der Waals surface area contributed by atoms with Crippen LogP contribution in [0.4, 0.5) is 16.2 Å². The first-order valence-electron chi connectivity index (χ1n) is 8.23. The van der Waals surface area contributed by atoms with Crippen molar-refractivity contribution in [2.24, 2.45) is 0 Å². The van der Waals surface area contributed by atoms with Crippen molar-refractivity contribution in [3.8, 4) is 0 Å². The Labute approximate surface area is 145 Å². The van der Waals surface area contributed by atoms with E-state index in [2.05, 4.69) is 25.5 Å². The summed E-state index contributed by atoms with van der Waals surface area (Å²) in [5.74, 6) is 0. The lowest BCUT2D eigenvalue weighted by atomic mass is 10.2. The number of hydrogen-bond acceptors (Lipinski definition) is 5. The third-order valence-corrected chi connectivity index (χ3v) is 4.35. The minimum absolute atomic E-state index is 0.0590. The molecule has 0 radical (unpaired) electrons. The van der Waals surface area contributed by atoms with E-state index in [1.165, 1.54) is 0 Å². The molecule has 1 N–H and O–H groups in total. The average Bonchev–Trinajstić information content (AvgIpc) is 3.09. The van der Waals surface area contributed by atoms with Crippen LogP contribution in [0.5, 0.6) is 0 Å². The van der Waals surface area contributed by atoms with Crippen LogP contribution in [0, 0.1) is 6.92 Å². The Balaban J connectivity index is 1.38. The number of anilines is 2. The molecule has 3 heterocycles. The number of hydrogen-bond donors (Lipinski definition) is 1. The van der Waals surface area contributed by atoms with E-state index in [4.69, 9.17) is 0 Å². The molecule has 1 saturated heterocycles. The normalized spacial score (nSPS) is 14.8. The molecule has 3 aromatic rings. The van der Waals surface area contributed by atoms with Gasteiger partial charge in [-0.15, -0.1) is 10.2 Å². The number of carbonyl (C=O) groups excluding carboxylic acids is 1. The molecule has 0 atom stereocenters. The number of carbonyl (C=O) groups is 1. The van der Waals surface area contributed by atoms with Gasteiger partial charge >= 0.3 is 6.03 Å². The summed E-state index contributed by atoms with van der Waals surface area (Å²) in [6.45, 7) is 4.85. The Morgan fingerprint density at radius 3 is 2.80 bits per heavy atom. The van der Waals surface area contributed by atoms with Crippen LogP contribution >= 0.6 is 0 Å². The van der Waals surface area contributed by atoms with E-state index in [0.717, 1.165) is 35.7 Å². The van der Waals surface area contributed by atoms with Crippen LogP contribution in [0.2, 0.25) is 0 Å². The van der Waals surface area contributed by atoms with Crippen LogP contribution in [0.25, 0.3) is 5.65 Å². The van der Waals surface area contributed by atoms with E-state index in [9.17, 15) is 4.79 Å². The van der Waals surface area contributed by atoms with E-state index in [1.807, 2.05) is 42.2 Å². The number of amides is 2. The van der Waals surface area contributed by atoms with E-state index in [1.54, 1.807) is 17.0 Å². The predicted octanol–water partition coefficient (Wildman–Crippen LogP) is 1.79. The van der Waals surface area contributed by atoms with Crippen molar-refractivity contribution in [1.82, 2.24) is 24.7 Å². The minimum atomic E-state index is -0.0590. The van der Waals surface area contributed by atoms with E-state index in [-0.39, 0.29) is 6.03 Å². The summed E-state index contributed by atoms with van der Waals surface area (Å²) in [4.78, 5) is 16.5. The lowest BCUT2D eigenvalue weighted by Crippen LogP contribution is -2.50. The molecule has 0 aliphatic carbocycles. The van der Waals surface area contributed by atoms with Gasteiger partial charge in [-0.2, -0.15) is 5.10 Å². The molecule has 0 bridgehead atoms. The molecule has 8 heteroatoms. The van der Waals surface area contributed by atoms with Gasteiger partial charge < -0.3 is 15.1 Å². The molecule has 0 unspecified atom stereocenters. The highest BCUT2D eigenvalue weighted by Gasteiger charge is 2.22. The Hall–Kier alpha value is -3.16. The van der Waals surface area contributed by atoms with Crippen molar-refractivity contribution in [2.75, 3.05) is 36.4 Å². The number of benzene rings is 1. The largest absolute Gasteiger partial charge is 0.367 e. The van der Waals surface area contributed by atoms with Crippen LogP contribution in [-0.2, 0) is 0 Å². The maximum Gasteiger partial charge on any atom is 0.321 e. The average molecular weight is 337 g/mol. The summed E-state index contributed by atoms with van der Waals surface area (Å²) in [6.07, 6.45) is 3.38. The third kappa shape index (κ3) is 3.23. The molecule has 8 nitrogen and oxygen atoms in total. The maximum absolute atomic E-state index is 12.4. The summed E-state index contributed by atoms with van der Waals surface area (Å²) >= 11 is 0. The fraction of sp³-hybridized carbons (Fsp3) is 0.294. The van der Waals surface area contributed by atoms with E-state index < -0.39 is 0 Å². The molecule has 0 spiro atoms. The molecular weight excluding hydrogens is 318 g/mol. The van der Waals surface area contributed by atoms with Crippen molar-refractivity contribution < 1.29 is 4.79 Å². The van der Waals surface area contributed by atoms with E-state index >= 15 is 0 Å². The van der Waals surface area contributed by atoms with Gasteiger partial charge in [0.25, 0.3) is 0 Å². The smallest absolute Gasteiger partial charge is 0.321 e. The Kier molecular flexibility index (Phi) is 3.93. The van der Waals surface area contributed by atoms with Crippen molar-refractivity contribution >= 4 is 23.1 Å². The number of piperazine rings is 1.